The zero-order valence-corrected chi connectivity index (χ0v) is 19.2. The fourth-order valence-electron chi connectivity index (χ4n) is 3.59. The number of rotatable bonds is 8. The van der Waals surface area contributed by atoms with Crippen molar-refractivity contribution in [2.75, 3.05) is 25.1 Å². The SMILES string of the molecule is COc1ccc(COc2nc(N3CCCCC3)ncc2C(=O)NCc2ccccn2)cc1Cl. The summed E-state index contributed by atoms with van der Waals surface area (Å²) in [5.74, 6) is 1.06. The lowest BCUT2D eigenvalue weighted by molar-refractivity contribution is 0.0944. The number of carbonyl (C=O) groups is 1. The first-order chi connectivity index (χ1) is 16.1. The molecule has 1 fully saturated rings. The number of nitrogens with one attached hydrogen (secondary N) is 1. The minimum Gasteiger partial charge on any atom is -0.495 e. The molecule has 1 amide bonds. The number of nitrogens with zero attached hydrogens (tertiary/aromatic N) is 4. The molecule has 0 bridgehead atoms. The highest BCUT2D eigenvalue weighted by Crippen LogP contribution is 2.27. The first-order valence-electron chi connectivity index (χ1n) is 10.9. The van der Waals surface area contributed by atoms with Crippen molar-refractivity contribution in [1.82, 2.24) is 20.3 Å². The molecule has 0 spiro atoms. The molecule has 4 rings (SSSR count). The third-order valence-corrected chi connectivity index (χ3v) is 5.67. The number of ether oxygens (including phenoxy) is 2. The lowest BCUT2D eigenvalue weighted by Crippen LogP contribution is -2.31. The van der Waals surface area contributed by atoms with Crippen LogP contribution in [0.25, 0.3) is 0 Å². The molecule has 1 aliphatic rings. The van der Waals surface area contributed by atoms with E-state index in [0.29, 0.717) is 23.3 Å². The Labute approximate surface area is 197 Å². The summed E-state index contributed by atoms with van der Waals surface area (Å²) in [7, 11) is 1.57. The molecule has 1 aromatic carbocycles. The molecule has 1 saturated heterocycles. The minimum absolute atomic E-state index is 0.195. The maximum Gasteiger partial charge on any atom is 0.258 e. The highest BCUT2D eigenvalue weighted by molar-refractivity contribution is 6.32. The number of methoxy groups -OCH3 is 1. The summed E-state index contributed by atoms with van der Waals surface area (Å²) in [4.78, 5) is 28.3. The molecular weight excluding hydrogens is 442 g/mol. The van der Waals surface area contributed by atoms with E-state index in [1.807, 2.05) is 24.3 Å². The first-order valence-corrected chi connectivity index (χ1v) is 11.3. The van der Waals surface area contributed by atoms with Gasteiger partial charge in [0.2, 0.25) is 11.8 Å². The van der Waals surface area contributed by atoms with E-state index >= 15 is 0 Å². The molecule has 0 saturated carbocycles. The van der Waals surface area contributed by atoms with Crippen molar-refractivity contribution in [3.05, 3.63) is 70.6 Å². The lowest BCUT2D eigenvalue weighted by Gasteiger charge is -2.27. The second-order valence-electron chi connectivity index (χ2n) is 7.70. The van der Waals surface area contributed by atoms with E-state index in [1.165, 1.54) is 12.6 Å². The van der Waals surface area contributed by atoms with Crippen LogP contribution in [0.4, 0.5) is 5.95 Å². The number of piperidine rings is 1. The van der Waals surface area contributed by atoms with Crippen LogP contribution < -0.4 is 19.7 Å². The topological polar surface area (TPSA) is 89.5 Å². The van der Waals surface area contributed by atoms with Crippen molar-refractivity contribution in [3.63, 3.8) is 0 Å². The number of aromatic nitrogens is 3. The van der Waals surface area contributed by atoms with E-state index in [4.69, 9.17) is 21.1 Å². The predicted octanol–water partition coefficient (Wildman–Crippen LogP) is 4.03. The second kappa shape index (κ2) is 11.0. The van der Waals surface area contributed by atoms with Gasteiger partial charge in [0, 0.05) is 25.5 Å². The molecule has 9 heteroatoms. The highest BCUT2D eigenvalue weighted by atomic mass is 35.5. The van der Waals surface area contributed by atoms with Gasteiger partial charge in [0.15, 0.2) is 0 Å². The number of anilines is 1. The van der Waals surface area contributed by atoms with Gasteiger partial charge in [-0.05, 0) is 49.1 Å². The smallest absolute Gasteiger partial charge is 0.258 e. The van der Waals surface area contributed by atoms with Gasteiger partial charge in [0.05, 0.1) is 24.4 Å². The van der Waals surface area contributed by atoms with Gasteiger partial charge >= 0.3 is 0 Å². The molecule has 8 nitrogen and oxygen atoms in total. The third kappa shape index (κ3) is 5.90. The first kappa shape index (κ1) is 22.8. The average molecular weight is 468 g/mol. The maximum atomic E-state index is 12.9. The van der Waals surface area contributed by atoms with Crippen molar-refractivity contribution < 1.29 is 14.3 Å². The van der Waals surface area contributed by atoms with Crippen LogP contribution in [0.3, 0.4) is 0 Å². The quantitative estimate of drug-likeness (QED) is 0.534. The molecule has 0 atom stereocenters. The second-order valence-corrected chi connectivity index (χ2v) is 8.11. The summed E-state index contributed by atoms with van der Waals surface area (Å²) in [6, 6.07) is 11.0. The Bertz CT molecular complexity index is 1090. The summed E-state index contributed by atoms with van der Waals surface area (Å²) in [6.07, 6.45) is 6.60. The number of amides is 1. The lowest BCUT2D eigenvalue weighted by atomic mass is 10.1. The molecule has 0 unspecified atom stereocenters. The van der Waals surface area contributed by atoms with Crippen molar-refractivity contribution in [2.24, 2.45) is 0 Å². The number of hydrogen-bond acceptors (Lipinski definition) is 7. The van der Waals surface area contributed by atoms with Gasteiger partial charge < -0.3 is 19.7 Å². The fraction of sp³-hybridized carbons (Fsp3) is 0.333. The van der Waals surface area contributed by atoms with E-state index in [0.717, 1.165) is 37.2 Å². The summed E-state index contributed by atoms with van der Waals surface area (Å²) < 4.78 is 11.2. The van der Waals surface area contributed by atoms with E-state index in [1.54, 1.807) is 25.4 Å². The van der Waals surface area contributed by atoms with Crippen molar-refractivity contribution in [3.8, 4) is 11.6 Å². The molecule has 1 N–H and O–H groups in total. The third-order valence-electron chi connectivity index (χ3n) is 5.37. The van der Waals surface area contributed by atoms with Crippen LogP contribution in [0.15, 0.2) is 48.8 Å². The number of benzene rings is 1. The van der Waals surface area contributed by atoms with Gasteiger partial charge in [-0.1, -0.05) is 23.7 Å². The molecule has 172 valence electrons. The van der Waals surface area contributed by atoms with Gasteiger partial charge in [0.25, 0.3) is 5.91 Å². The van der Waals surface area contributed by atoms with E-state index in [-0.39, 0.29) is 24.0 Å². The standard InChI is InChI=1S/C24H26ClN5O3/c1-32-21-9-8-17(13-20(21)25)16-33-23-19(22(31)27-14-18-7-3-4-10-26-18)15-28-24(29-23)30-11-5-2-6-12-30/h3-4,7-10,13,15H,2,5-6,11-12,14,16H2,1H3,(H,27,31). The Balaban J connectivity index is 1.54. The fourth-order valence-corrected chi connectivity index (χ4v) is 3.87. The molecular formula is C24H26ClN5O3. The number of halogens is 1. The van der Waals surface area contributed by atoms with Crippen LogP contribution in [0, 0.1) is 0 Å². The van der Waals surface area contributed by atoms with Crippen LogP contribution in [0.2, 0.25) is 5.02 Å². The zero-order valence-electron chi connectivity index (χ0n) is 18.5. The van der Waals surface area contributed by atoms with Gasteiger partial charge in [-0.15, -0.1) is 0 Å². The zero-order chi connectivity index (χ0) is 23.0. The van der Waals surface area contributed by atoms with Crippen molar-refractivity contribution in [2.45, 2.75) is 32.4 Å². The number of carbonyl (C=O) groups excluding carboxylic acids is 1. The van der Waals surface area contributed by atoms with Gasteiger partial charge in [-0.25, -0.2) is 4.98 Å². The van der Waals surface area contributed by atoms with Gasteiger partial charge in [-0.3, -0.25) is 9.78 Å². The monoisotopic (exact) mass is 467 g/mol. The molecule has 0 radical (unpaired) electrons. The van der Waals surface area contributed by atoms with Crippen LogP contribution in [0.5, 0.6) is 11.6 Å². The van der Waals surface area contributed by atoms with Gasteiger partial charge in [0.1, 0.15) is 17.9 Å². The van der Waals surface area contributed by atoms with E-state index < -0.39 is 0 Å². The predicted molar refractivity (Wildman–Crippen MR) is 126 cm³/mol. The minimum atomic E-state index is -0.325. The summed E-state index contributed by atoms with van der Waals surface area (Å²) in [6.45, 7) is 2.26. The average Bonchev–Trinajstić information content (AvgIpc) is 2.87. The van der Waals surface area contributed by atoms with Crippen LogP contribution in [-0.4, -0.2) is 41.1 Å². The summed E-state index contributed by atoms with van der Waals surface area (Å²) >= 11 is 6.24. The Kier molecular flexibility index (Phi) is 7.57. The Morgan fingerprint density at radius 3 is 2.73 bits per heavy atom. The van der Waals surface area contributed by atoms with Gasteiger partial charge in [-0.2, -0.15) is 4.98 Å². The molecule has 3 aromatic rings. The molecule has 2 aromatic heterocycles. The Hall–Kier alpha value is -3.39. The normalized spacial score (nSPS) is 13.5. The van der Waals surface area contributed by atoms with E-state index in [2.05, 4.69) is 25.2 Å². The van der Waals surface area contributed by atoms with Crippen molar-refractivity contribution >= 4 is 23.5 Å². The molecule has 0 aliphatic carbocycles. The Morgan fingerprint density at radius 1 is 1.15 bits per heavy atom. The van der Waals surface area contributed by atoms with E-state index in [9.17, 15) is 4.79 Å². The number of hydrogen-bond donors (Lipinski definition) is 1. The summed E-state index contributed by atoms with van der Waals surface area (Å²) in [5.41, 5.74) is 1.86. The van der Waals surface area contributed by atoms with Crippen LogP contribution in [0.1, 0.15) is 40.9 Å². The van der Waals surface area contributed by atoms with Crippen LogP contribution >= 0.6 is 11.6 Å². The number of pyridine rings is 1. The molecule has 3 heterocycles. The highest BCUT2D eigenvalue weighted by Gasteiger charge is 2.20. The van der Waals surface area contributed by atoms with Crippen molar-refractivity contribution in [1.29, 1.82) is 0 Å². The molecule has 33 heavy (non-hydrogen) atoms. The maximum absolute atomic E-state index is 12.9. The Morgan fingerprint density at radius 2 is 2.00 bits per heavy atom. The molecule has 1 aliphatic heterocycles. The van der Waals surface area contributed by atoms with Crippen LogP contribution in [-0.2, 0) is 13.2 Å². The largest absolute Gasteiger partial charge is 0.495 e. The summed E-state index contributed by atoms with van der Waals surface area (Å²) in [5, 5.41) is 3.35.